The first-order chi connectivity index (χ1) is 9.51. The van der Waals surface area contributed by atoms with Crippen molar-refractivity contribution in [1.29, 1.82) is 0 Å². The molecule has 0 bridgehead atoms. The number of rotatable bonds is 4. The average molecular weight is 272 g/mol. The van der Waals surface area contributed by atoms with Crippen LogP contribution in [-0.4, -0.2) is 0 Å². The van der Waals surface area contributed by atoms with Crippen LogP contribution in [0.3, 0.4) is 0 Å². The summed E-state index contributed by atoms with van der Waals surface area (Å²) >= 11 is 0. The molecule has 0 aliphatic heterocycles. The maximum atomic E-state index is 13.2. The second kappa shape index (κ2) is 6.16. The van der Waals surface area contributed by atoms with Crippen molar-refractivity contribution in [3.8, 4) is 0 Å². The van der Waals surface area contributed by atoms with E-state index in [9.17, 15) is 4.39 Å². The molecule has 2 aromatic carbocycles. The van der Waals surface area contributed by atoms with Gasteiger partial charge in [0.05, 0.1) is 6.04 Å². The van der Waals surface area contributed by atoms with Gasteiger partial charge in [-0.2, -0.15) is 0 Å². The van der Waals surface area contributed by atoms with Crippen molar-refractivity contribution in [2.75, 3.05) is 0 Å². The van der Waals surface area contributed by atoms with Crippen LogP contribution in [0.15, 0.2) is 36.4 Å². The van der Waals surface area contributed by atoms with Gasteiger partial charge in [-0.1, -0.05) is 29.8 Å². The highest BCUT2D eigenvalue weighted by atomic mass is 19.1. The minimum absolute atomic E-state index is 0.0175. The molecule has 0 aliphatic rings. The zero-order valence-electron chi connectivity index (χ0n) is 12.2. The number of nitrogens with two attached hydrogens (primary N) is 1. The average Bonchev–Trinajstić information content (AvgIpc) is 2.40. The molecule has 1 unspecified atom stereocenters. The summed E-state index contributed by atoms with van der Waals surface area (Å²) in [7, 11) is 0. The molecule has 0 aliphatic carbocycles. The van der Waals surface area contributed by atoms with Crippen LogP contribution >= 0.6 is 0 Å². The molecule has 20 heavy (non-hydrogen) atoms. The Morgan fingerprint density at radius 2 is 1.80 bits per heavy atom. The van der Waals surface area contributed by atoms with Crippen LogP contribution in [0.5, 0.6) is 0 Å². The minimum Gasteiger partial charge on any atom is -0.271 e. The highest BCUT2D eigenvalue weighted by Crippen LogP contribution is 2.24. The third-order valence-corrected chi connectivity index (χ3v) is 3.74. The van der Waals surface area contributed by atoms with Crippen LogP contribution in [0, 0.1) is 26.6 Å². The van der Waals surface area contributed by atoms with Crippen LogP contribution < -0.4 is 11.3 Å². The van der Waals surface area contributed by atoms with E-state index in [0.717, 1.165) is 17.5 Å². The summed E-state index contributed by atoms with van der Waals surface area (Å²) in [5, 5.41) is 0. The van der Waals surface area contributed by atoms with E-state index >= 15 is 0 Å². The Morgan fingerprint density at radius 1 is 1.05 bits per heavy atom. The van der Waals surface area contributed by atoms with E-state index < -0.39 is 0 Å². The van der Waals surface area contributed by atoms with Gasteiger partial charge in [-0.3, -0.25) is 11.3 Å². The molecule has 3 N–H and O–H groups in total. The Kier molecular flexibility index (Phi) is 4.53. The smallest absolute Gasteiger partial charge is 0.123 e. The maximum absolute atomic E-state index is 13.2. The minimum atomic E-state index is -0.214. The van der Waals surface area contributed by atoms with E-state index in [-0.39, 0.29) is 11.9 Å². The summed E-state index contributed by atoms with van der Waals surface area (Å²) in [5.41, 5.74) is 8.54. The number of halogens is 1. The molecule has 2 aromatic rings. The number of hydrogen-bond acceptors (Lipinski definition) is 2. The zero-order chi connectivity index (χ0) is 14.7. The molecular formula is C17H21FN2. The molecule has 1 atom stereocenters. The number of benzene rings is 2. The Morgan fingerprint density at radius 3 is 2.45 bits per heavy atom. The molecule has 0 fully saturated rings. The van der Waals surface area contributed by atoms with Crippen molar-refractivity contribution in [3.05, 3.63) is 70.0 Å². The molecule has 0 saturated heterocycles. The van der Waals surface area contributed by atoms with Crippen LogP contribution in [-0.2, 0) is 6.42 Å². The normalized spacial score (nSPS) is 12.4. The van der Waals surface area contributed by atoms with Crippen molar-refractivity contribution in [3.63, 3.8) is 0 Å². The fourth-order valence-corrected chi connectivity index (χ4v) is 2.53. The van der Waals surface area contributed by atoms with E-state index in [1.165, 1.54) is 22.8 Å². The lowest BCUT2D eigenvalue weighted by Gasteiger charge is -2.20. The van der Waals surface area contributed by atoms with Crippen LogP contribution in [0.4, 0.5) is 4.39 Å². The van der Waals surface area contributed by atoms with E-state index in [1.54, 1.807) is 12.1 Å². The van der Waals surface area contributed by atoms with Crippen molar-refractivity contribution in [2.45, 2.75) is 33.2 Å². The first-order valence-electron chi connectivity index (χ1n) is 6.79. The number of aryl methyl sites for hydroxylation is 3. The van der Waals surface area contributed by atoms with E-state index in [1.807, 2.05) is 6.92 Å². The summed E-state index contributed by atoms with van der Waals surface area (Å²) in [6, 6.07) is 11.2. The SMILES string of the molecule is Cc1ccc(C)c(CC(NN)c2ccc(F)cc2C)c1. The molecule has 0 saturated carbocycles. The summed E-state index contributed by atoms with van der Waals surface area (Å²) < 4.78 is 13.2. The highest BCUT2D eigenvalue weighted by Gasteiger charge is 2.14. The first kappa shape index (κ1) is 14.7. The molecule has 0 heterocycles. The lowest BCUT2D eigenvalue weighted by molar-refractivity contribution is 0.545. The van der Waals surface area contributed by atoms with Gasteiger partial charge in [0, 0.05) is 0 Å². The van der Waals surface area contributed by atoms with Gasteiger partial charge in [0.1, 0.15) is 5.82 Å². The van der Waals surface area contributed by atoms with Crippen molar-refractivity contribution < 1.29 is 4.39 Å². The monoisotopic (exact) mass is 272 g/mol. The van der Waals surface area contributed by atoms with Gasteiger partial charge in [0.15, 0.2) is 0 Å². The molecule has 3 heteroatoms. The van der Waals surface area contributed by atoms with E-state index in [4.69, 9.17) is 5.84 Å². The maximum Gasteiger partial charge on any atom is 0.123 e. The van der Waals surface area contributed by atoms with Crippen molar-refractivity contribution in [2.24, 2.45) is 5.84 Å². The predicted molar refractivity (Wildman–Crippen MR) is 80.8 cm³/mol. The van der Waals surface area contributed by atoms with Gasteiger partial charge in [-0.15, -0.1) is 0 Å². The Labute approximate surface area is 119 Å². The van der Waals surface area contributed by atoms with Gasteiger partial charge < -0.3 is 0 Å². The fourth-order valence-electron chi connectivity index (χ4n) is 2.53. The van der Waals surface area contributed by atoms with Gasteiger partial charge in [-0.25, -0.2) is 4.39 Å². The van der Waals surface area contributed by atoms with Crippen molar-refractivity contribution >= 4 is 0 Å². The second-order valence-electron chi connectivity index (χ2n) is 5.35. The van der Waals surface area contributed by atoms with Crippen molar-refractivity contribution in [1.82, 2.24) is 5.43 Å². The quantitative estimate of drug-likeness (QED) is 0.660. The molecule has 0 radical (unpaired) electrons. The summed E-state index contributed by atoms with van der Waals surface area (Å²) in [6.45, 7) is 6.09. The second-order valence-corrected chi connectivity index (χ2v) is 5.35. The van der Waals surface area contributed by atoms with Gasteiger partial charge in [0.25, 0.3) is 0 Å². The summed E-state index contributed by atoms with van der Waals surface area (Å²) in [6.07, 6.45) is 0.788. The lowest BCUT2D eigenvalue weighted by atomic mass is 9.93. The molecule has 2 rings (SSSR count). The van der Waals surface area contributed by atoms with Gasteiger partial charge in [-0.05, 0) is 61.6 Å². The Hall–Kier alpha value is -1.71. The van der Waals surface area contributed by atoms with E-state index in [0.29, 0.717) is 0 Å². The molecular weight excluding hydrogens is 251 g/mol. The zero-order valence-corrected chi connectivity index (χ0v) is 12.2. The molecule has 0 amide bonds. The molecule has 0 aromatic heterocycles. The largest absolute Gasteiger partial charge is 0.271 e. The third kappa shape index (κ3) is 3.24. The Balaban J connectivity index is 2.31. The molecule has 106 valence electrons. The summed E-state index contributed by atoms with van der Waals surface area (Å²) in [5.74, 6) is 5.49. The van der Waals surface area contributed by atoms with Gasteiger partial charge >= 0.3 is 0 Å². The molecule has 0 spiro atoms. The first-order valence-corrected chi connectivity index (χ1v) is 6.79. The summed E-state index contributed by atoms with van der Waals surface area (Å²) in [4.78, 5) is 0. The number of hydrogen-bond donors (Lipinski definition) is 2. The van der Waals surface area contributed by atoms with E-state index in [2.05, 4.69) is 37.5 Å². The fraction of sp³-hybridized carbons (Fsp3) is 0.294. The van der Waals surface area contributed by atoms with Crippen LogP contribution in [0.2, 0.25) is 0 Å². The number of hydrazine groups is 1. The van der Waals surface area contributed by atoms with Gasteiger partial charge in [0.2, 0.25) is 0 Å². The van der Waals surface area contributed by atoms with Crippen LogP contribution in [0.1, 0.15) is 33.9 Å². The van der Waals surface area contributed by atoms with Crippen LogP contribution in [0.25, 0.3) is 0 Å². The lowest BCUT2D eigenvalue weighted by Crippen LogP contribution is -2.30. The topological polar surface area (TPSA) is 38.0 Å². The standard InChI is InChI=1S/C17H21FN2/c1-11-4-5-12(2)14(8-11)10-17(20-19)16-7-6-15(18)9-13(16)3/h4-9,17,20H,10,19H2,1-3H3. The third-order valence-electron chi connectivity index (χ3n) is 3.74. The molecule has 2 nitrogen and oxygen atoms in total. The highest BCUT2D eigenvalue weighted by molar-refractivity contribution is 5.35. The predicted octanol–water partition coefficient (Wildman–Crippen LogP) is 3.50. The Bertz CT molecular complexity index is 608. The number of nitrogens with one attached hydrogen (secondary N) is 1.